The topological polar surface area (TPSA) is 56.1 Å². The van der Waals surface area contributed by atoms with Crippen molar-refractivity contribution in [3.8, 4) is 0 Å². The van der Waals surface area contributed by atoms with Crippen molar-refractivity contribution in [2.45, 2.75) is 24.8 Å². The van der Waals surface area contributed by atoms with Crippen LogP contribution in [0.2, 0.25) is 5.02 Å². The first-order valence-corrected chi connectivity index (χ1v) is 7.68. The normalized spacial score (nSPS) is 17.1. The molecule has 1 fully saturated rings. The number of nitrogens with zero attached hydrogens (tertiary/aromatic N) is 2. The van der Waals surface area contributed by atoms with E-state index < -0.39 is 0 Å². The Morgan fingerprint density at radius 1 is 1.32 bits per heavy atom. The maximum atomic E-state index is 12.4. The molecule has 3 heterocycles. The first-order chi connectivity index (χ1) is 10.7. The molecule has 0 aromatic carbocycles. The van der Waals surface area contributed by atoms with Crippen molar-refractivity contribution in [1.29, 1.82) is 0 Å². The Balaban J connectivity index is 1.73. The molecule has 22 heavy (non-hydrogen) atoms. The highest BCUT2D eigenvalue weighted by Gasteiger charge is 2.36. The van der Waals surface area contributed by atoms with Crippen LogP contribution in [0.25, 0.3) is 0 Å². The fourth-order valence-electron chi connectivity index (χ4n) is 2.86. The number of carbonyl (C=O) groups excluding carboxylic acids is 1. The van der Waals surface area contributed by atoms with E-state index in [9.17, 15) is 4.79 Å². The van der Waals surface area contributed by atoms with Crippen molar-refractivity contribution < 1.29 is 9.53 Å². The predicted molar refractivity (Wildman–Crippen MR) is 85.0 cm³/mol. The van der Waals surface area contributed by atoms with Gasteiger partial charge in [-0.15, -0.1) is 0 Å². The van der Waals surface area contributed by atoms with Gasteiger partial charge in [0.1, 0.15) is 5.82 Å². The summed E-state index contributed by atoms with van der Waals surface area (Å²) >= 11 is 5.80. The number of rotatable bonds is 4. The second-order valence-corrected chi connectivity index (χ2v) is 5.95. The first-order valence-electron chi connectivity index (χ1n) is 7.31. The second kappa shape index (κ2) is 6.50. The fourth-order valence-corrected chi connectivity index (χ4v) is 2.98. The molecule has 5 nitrogen and oxygen atoms in total. The summed E-state index contributed by atoms with van der Waals surface area (Å²) in [6.45, 7) is 1.34. The van der Waals surface area contributed by atoms with Crippen molar-refractivity contribution in [2.24, 2.45) is 0 Å². The van der Waals surface area contributed by atoms with Crippen molar-refractivity contribution >= 4 is 23.3 Å². The fraction of sp³-hybridized carbons (Fsp3) is 0.375. The number of amides is 1. The zero-order valence-electron chi connectivity index (χ0n) is 12.2. The van der Waals surface area contributed by atoms with Gasteiger partial charge >= 0.3 is 0 Å². The van der Waals surface area contributed by atoms with Gasteiger partial charge in [-0.2, -0.15) is 0 Å². The number of carbonyl (C=O) groups is 1. The molecular formula is C16H18ClN3O2. The van der Waals surface area contributed by atoms with Gasteiger partial charge in [-0.25, -0.2) is 4.98 Å². The Labute approximate surface area is 134 Å². The van der Waals surface area contributed by atoms with Gasteiger partial charge in [0.05, 0.1) is 17.0 Å². The molecule has 0 radical (unpaired) electrons. The average molecular weight is 320 g/mol. The Hall–Kier alpha value is -1.85. The minimum absolute atomic E-state index is 0.0505. The highest BCUT2D eigenvalue weighted by Crippen LogP contribution is 2.33. The average Bonchev–Trinajstić information content (AvgIpc) is 3.05. The smallest absolute Gasteiger partial charge is 0.227 e. The third kappa shape index (κ3) is 3.31. The zero-order chi connectivity index (χ0) is 15.4. The molecule has 1 aliphatic rings. The summed E-state index contributed by atoms with van der Waals surface area (Å²) < 4.78 is 7.59. The lowest BCUT2D eigenvalue weighted by Gasteiger charge is -2.38. The van der Waals surface area contributed by atoms with E-state index in [2.05, 4.69) is 14.9 Å². The number of nitrogens with one attached hydrogen (secondary N) is 1. The largest absolute Gasteiger partial charge is 0.381 e. The van der Waals surface area contributed by atoms with Crippen LogP contribution in [0.15, 0.2) is 42.9 Å². The van der Waals surface area contributed by atoms with Crippen molar-refractivity contribution in [1.82, 2.24) is 9.55 Å². The Morgan fingerprint density at radius 2 is 2.05 bits per heavy atom. The van der Waals surface area contributed by atoms with Gasteiger partial charge < -0.3 is 14.6 Å². The minimum atomic E-state index is -0.224. The van der Waals surface area contributed by atoms with Crippen molar-refractivity contribution in [3.05, 3.63) is 47.9 Å². The molecule has 3 rings (SSSR count). The molecule has 1 amide bonds. The quantitative estimate of drug-likeness (QED) is 0.942. The number of halogens is 1. The number of hydrogen-bond acceptors (Lipinski definition) is 3. The monoisotopic (exact) mass is 319 g/mol. The van der Waals surface area contributed by atoms with Crippen LogP contribution in [0.3, 0.4) is 0 Å². The van der Waals surface area contributed by atoms with Crippen molar-refractivity contribution in [3.63, 3.8) is 0 Å². The van der Waals surface area contributed by atoms with E-state index in [1.54, 1.807) is 12.1 Å². The van der Waals surface area contributed by atoms with Crippen LogP contribution in [0.4, 0.5) is 5.82 Å². The van der Waals surface area contributed by atoms with E-state index in [4.69, 9.17) is 16.3 Å². The van der Waals surface area contributed by atoms with E-state index in [1.807, 2.05) is 24.5 Å². The summed E-state index contributed by atoms with van der Waals surface area (Å²) in [5.74, 6) is 0.467. The van der Waals surface area contributed by atoms with E-state index in [-0.39, 0.29) is 11.4 Å². The summed E-state index contributed by atoms with van der Waals surface area (Å²) in [7, 11) is 0. The van der Waals surface area contributed by atoms with Crippen LogP contribution in [0.1, 0.15) is 19.3 Å². The number of pyridine rings is 1. The van der Waals surface area contributed by atoms with Crippen LogP contribution in [0.5, 0.6) is 0 Å². The highest BCUT2D eigenvalue weighted by atomic mass is 35.5. The molecule has 2 aromatic heterocycles. The number of anilines is 1. The van der Waals surface area contributed by atoms with E-state index in [0.29, 0.717) is 30.5 Å². The molecule has 1 saturated heterocycles. The molecular weight excluding hydrogens is 302 g/mol. The van der Waals surface area contributed by atoms with E-state index in [1.165, 1.54) is 6.20 Å². The lowest BCUT2D eigenvalue weighted by Crippen LogP contribution is -2.42. The third-order valence-corrected chi connectivity index (χ3v) is 4.28. The lowest BCUT2D eigenvalue weighted by molar-refractivity contribution is -0.119. The molecule has 0 atom stereocenters. The maximum absolute atomic E-state index is 12.4. The second-order valence-electron chi connectivity index (χ2n) is 5.51. The van der Waals surface area contributed by atoms with Gasteiger partial charge in [0, 0.05) is 31.8 Å². The summed E-state index contributed by atoms with van der Waals surface area (Å²) in [5.41, 5.74) is -0.224. The maximum Gasteiger partial charge on any atom is 0.227 e. The summed E-state index contributed by atoms with van der Waals surface area (Å²) in [6.07, 6.45) is 7.59. The lowest BCUT2D eigenvalue weighted by atomic mass is 9.86. The Bertz CT molecular complexity index is 619. The number of hydrogen-bond donors (Lipinski definition) is 1. The SMILES string of the molecule is O=C(CC1(n2cccc2)CCOCC1)Nc1ccc(Cl)cn1. The van der Waals surface area contributed by atoms with Gasteiger partial charge in [0.15, 0.2) is 0 Å². The van der Waals surface area contributed by atoms with E-state index >= 15 is 0 Å². The van der Waals surface area contributed by atoms with E-state index in [0.717, 1.165) is 12.8 Å². The molecule has 116 valence electrons. The summed E-state index contributed by atoms with van der Waals surface area (Å²) in [4.78, 5) is 16.5. The molecule has 0 aliphatic carbocycles. The summed E-state index contributed by atoms with van der Waals surface area (Å²) in [6, 6.07) is 7.37. The summed E-state index contributed by atoms with van der Waals surface area (Å²) in [5, 5.41) is 3.39. The number of ether oxygens (including phenoxy) is 1. The molecule has 1 N–H and O–H groups in total. The van der Waals surface area contributed by atoms with Crippen LogP contribution in [-0.4, -0.2) is 28.7 Å². The first kappa shape index (κ1) is 15.1. The van der Waals surface area contributed by atoms with Crippen LogP contribution in [-0.2, 0) is 15.1 Å². The predicted octanol–water partition coefficient (Wildman–Crippen LogP) is 3.07. The molecule has 1 aliphatic heterocycles. The van der Waals surface area contributed by atoms with Gasteiger partial charge in [-0.3, -0.25) is 4.79 Å². The molecule has 6 heteroatoms. The molecule has 0 unspecified atom stereocenters. The Kier molecular flexibility index (Phi) is 4.45. The third-order valence-electron chi connectivity index (χ3n) is 4.06. The Morgan fingerprint density at radius 3 is 2.68 bits per heavy atom. The van der Waals surface area contributed by atoms with Gasteiger partial charge in [-0.05, 0) is 37.1 Å². The minimum Gasteiger partial charge on any atom is -0.381 e. The van der Waals surface area contributed by atoms with Crippen LogP contribution in [0, 0.1) is 0 Å². The molecule has 0 saturated carbocycles. The van der Waals surface area contributed by atoms with Gasteiger partial charge in [0.2, 0.25) is 5.91 Å². The molecule has 0 bridgehead atoms. The van der Waals surface area contributed by atoms with Crippen molar-refractivity contribution in [2.75, 3.05) is 18.5 Å². The zero-order valence-corrected chi connectivity index (χ0v) is 12.9. The standard InChI is InChI=1S/C16H18ClN3O2/c17-13-3-4-14(18-12-13)19-15(21)11-16(5-9-22-10-6-16)20-7-1-2-8-20/h1-4,7-8,12H,5-6,9-11H2,(H,18,19,21). The van der Waals surface area contributed by atoms with Crippen LogP contribution < -0.4 is 5.32 Å². The number of aromatic nitrogens is 2. The molecule has 0 spiro atoms. The molecule has 2 aromatic rings. The highest BCUT2D eigenvalue weighted by molar-refractivity contribution is 6.30. The van der Waals surface area contributed by atoms with Crippen LogP contribution >= 0.6 is 11.6 Å². The van der Waals surface area contributed by atoms with Gasteiger partial charge in [0.25, 0.3) is 0 Å². The van der Waals surface area contributed by atoms with Gasteiger partial charge in [-0.1, -0.05) is 11.6 Å².